The van der Waals surface area contributed by atoms with Gasteiger partial charge in [0.05, 0.1) is 12.2 Å². The molecule has 0 spiro atoms. The second-order valence-corrected chi connectivity index (χ2v) is 9.53. The van der Waals surface area contributed by atoms with Crippen molar-refractivity contribution in [3.05, 3.63) is 23.8 Å². The highest BCUT2D eigenvalue weighted by atomic mass is 16.5. The molecule has 1 aromatic carbocycles. The third-order valence-corrected chi connectivity index (χ3v) is 8.00. The van der Waals surface area contributed by atoms with Crippen molar-refractivity contribution < 1.29 is 14.3 Å². The van der Waals surface area contributed by atoms with Crippen LogP contribution in [0, 0.1) is 17.8 Å². The van der Waals surface area contributed by atoms with Crippen molar-refractivity contribution in [3.63, 3.8) is 0 Å². The first-order valence-electron chi connectivity index (χ1n) is 11.5. The van der Waals surface area contributed by atoms with E-state index < -0.39 is 0 Å². The summed E-state index contributed by atoms with van der Waals surface area (Å²) in [6.07, 6.45) is 8.99. The lowest BCUT2D eigenvalue weighted by molar-refractivity contribution is -0.134. The number of carbonyl (C=O) groups excluding carboxylic acids is 2. The number of benzene rings is 1. The van der Waals surface area contributed by atoms with E-state index in [4.69, 9.17) is 4.74 Å². The van der Waals surface area contributed by atoms with Crippen LogP contribution < -0.4 is 15.0 Å². The number of piperidine rings is 1. The Labute approximate surface area is 173 Å². The first-order chi connectivity index (χ1) is 14.1. The maximum absolute atomic E-state index is 12.4. The average Bonchev–Trinajstić information content (AvgIpc) is 2.73. The van der Waals surface area contributed by atoms with Gasteiger partial charge in [0.25, 0.3) is 0 Å². The molecule has 3 atom stereocenters. The van der Waals surface area contributed by atoms with Crippen LogP contribution in [-0.2, 0) is 9.59 Å². The molecule has 1 aromatic rings. The number of nitrogens with zero attached hydrogens (tertiary/aromatic N) is 1. The van der Waals surface area contributed by atoms with Crippen molar-refractivity contribution in [1.29, 1.82) is 0 Å². The smallest absolute Gasteiger partial charge is 0.249 e. The lowest BCUT2D eigenvalue weighted by Crippen LogP contribution is -2.54. The standard InChI is InChI=1S/C24H32N2O3/c1-15-5-10-18(15)16-6-8-17(9-7-16)19-3-2-4-20-23(19)29-14-13-26(20)21-11-12-22(27)25-24(21)28/h2-4,15-18,21H,5-14H2,1H3,(H,25,27,28). The largest absolute Gasteiger partial charge is 0.489 e. The maximum atomic E-state index is 12.4. The number of hydrogen-bond acceptors (Lipinski definition) is 4. The van der Waals surface area contributed by atoms with Crippen LogP contribution in [0.4, 0.5) is 5.69 Å². The molecular formula is C24H32N2O3. The number of para-hydroxylation sites is 1. The van der Waals surface area contributed by atoms with E-state index in [0.29, 0.717) is 31.9 Å². The number of imide groups is 1. The minimum atomic E-state index is -0.276. The van der Waals surface area contributed by atoms with Crippen LogP contribution in [0.5, 0.6) is 5.75 Å². The molecule has 5 rings (SSSR count). The fourth-order valence-electron chi connectivity index (χ4n) is 6.17. The summed E-state index contributed by atoms with van der Waals surface area (Å²) in [5, 5.41) is 2.51. The molecule has 3 unspecified atom stereocenters. The Morgan fingerprint density at radius 1 is 1.03 bits per heavy atom. The van der Waals surface area contributed by atoms with Gasteiger partial charge in [0.2, 0.25) is 11.8 Å². The number of anilines is 1. The van der Waals surface area contributed by atoms with Gasteiger partial charge in [-0.1, -0.05) is 25.5 Å². The molecule has 1 saturated heterocycles. The Morgan fingerprint density at radius 3 is 2.55 bits per heavy atom. The van der Waals surface area contributed by atoms with Gasteiger partial charge in [-0.05, 0) is 73.8 Å². The Bertz CT molecular complexity index is 799. The van der Waals surface area contributed by atoms with Crippen LogP contribution in [0.3, 0.4) is 0 Å². The molecule has 156 valence electrons. The Balaban J connectivity index is 1.34. The molecule has 5 nitrogen and oxygen atoms in total. The second-order valence-electron chi connectivity index (χ2n) is 9.53. The zero-order valence-electron chi connectivity index (χ0n) is 17.4. The van der Waals surface area contributed by atoms with Crippen molar-refractivity contribution >= 4 is 17.5 Å². The van der Waals surface area contributed by atoms with Crippen molar-refractivity contribution in [1.82, 2.24) is 5.32 Å². The molecule has 4 aliphatic rings. The van der Waals surface area contributed by atoms with Gasteiger partial charge in [-0.15, -0.1) is 0 Å². The monoisotopic (exact) mass is 396 g/mol. The summed E-state index contributed by atoms with van der Waals surface area (Å²) >= 11 is 0. The first-order valence-corrected chi connectivity index (χ1v) is 11.5. The van der Waals surface area contributed by atoms with E-state index in [1.54, 1.807) is 0 Å². The van der Waals surface area contributed by atoms with Gasteiger partial charge in [0.15, 0.2) is 0 Å². The van der Waals surface area contributed by atoms with Crippen LogP contribution in [-0.4, -0.2) is 31.0 Å². The van der Waals surface area contributed by atoms with Gasteiger partial charge in [0, 0.05) is 6.42 Å². The summed E-state index contributed by atoms with van der Waals surface area (Å²) in [6.45, 7) is 3.71. The number of amides is 2. The van der Waals surface area contributed by atoms with E-state index in [1.807, 2.05) is 0 Å². The number of carbonyl (C=O) groups is 2. The maximum Gasteiger partial charge on any atom is 0.249 e. The van der Waals surface area contributed by atoms with Gasteiger partial charge in [-0.2, -0.15) is 0 Å². The molecule has 3 fully saturated rings. The summed E-state index contributed by atoms with van der Waals surface area (Å²) in [6, 6.07) is 6.14. The quantitative estimate of drug-likeness (QED) is 0.785. The normalized spacial score (nSPS) is 34.7. The third kappa shape index (κ3) is 3.43. The summed E-state index contributed by atoms with van der Waals surface area (Å²) in [5.74, 6) is 3.99. The average molecular weight is 397 g/mol. The van der Waals surface area contributed by atoms with E-state index >= 15 is 0 Å². The van der Waals surface area contributed by atoms with Gasteiger partial charge < -0.3 is 9.64 Å². The summed E-state index contributed by atoms with van der Waals surface area (Å²) in [5.41, 5.74) is 2.34. The predicted molar refractivity (Wildman–Crippen MR) is 112 cm³/mol. The van der Waals surface area contributed by atoms with Gasteiger partial charge in [-0.3, -0.25) is 14.9 Å². The van der Waals surface area contributed by atoms with Crippen LogP contribution in [0.1, 0.15) is 69.8 Å². The number of nitrogens with one attached hydrogen (secondary N) is 1. The lowest BCUT2D eigenvalue weighted by atomic mass is 9.62. The molecule has 2 heterocycles. The summed E-state index contributed by atoms with van der Waals surface area (Å²) < 4.78 is 6.17. The molecule has 2 amide bonds. The molecule has 0 bridgehead atoms. The van der Waals surface area contributed by atoms with Gasteiger partial charge >= 0.3 is 0 Å². The zero-order chi connectivity index (χ0) is 20.0. The van der Waals surface area contributed by atoms with Crippen molar-refractivity contribution in [2.24, 2.45) is 17.8 Å². The first kappa shape index (κ1) is 19.0. The summed E-state index contributed by atoms with van der Waals surface area (Å²) in [4.78, 5) is 26.2. The van der Waals surface area contributed by atoms with Crippen LogP contribution >= 0.6 is 0 Å². The molecule has 5 heteroatoms. The fourth-order valence-corrected chi connectivity index (χ4v) is 6.17. The molecule has 0 aromatic heterocycles. The number of rotatable bonds is 3. The molecule has 2 aliphatic heterocycles. The molecule has 2 aliphatic carbocycles. The predicted octanol–water partition coefficient (Wildman–Crippen LogP) is 4.01. The van der Waals surface area contributed by atoms with Gasteiger partial charge in [-0.25, -0.2) is 0 Å². The Hall–Kier alpha value is -2.04. The van der Waals surface area contributed by atoms with Crippen LogP contribution in [0.25, 0.3) is 0 Å². The van der Waals surface area contributed by atoms with Gasteiger partial charge in [0.1, 0.15) is 18.4 Å². The van der Waals surface area contributed by atoms with Crippen molar-refractivity contribution in [2.45, 2.75) is 70.3 Å². The highest BCUT2D eigenvalue weighted by Crippen LogP contribution is 2.50. The van der Waals surface area contributed by atoms with Crippen LogP contribution in [0.2, 0.25) is 0 Å². The molecule has 0 radical (unpaired) electrons. The second kappa shape index (κ2) is 7.66. The SMILES string of the molecule is CC1CCC1C1CCC(c2cccc3c2OCCN3C2CCC(=O)NC2=O)CC1. The van der Waals surface area contributed by atoms with E-state index in [2.05, 4.69) is 35.3 Å². The number of fused-ring (bicyclic) bond motifs is 1. The number of ether oxygens (including phenoxy) is 1. The van der Waals surface area contributed by atoms with Crippen molar-refractivity contribution in [2.75, 3.05) is 18.1 Å². The molecule has 1 N–H and O–H groups in total. The van der Waals surface area contributed by atoms with E-state index in [9.17, 15) is 9.59 Å². The molecule has 29 heavy (non-hydrogen) atoms. The summed E-state index contributed by atoms with van der Waals surface area (Å²) in [7, 11) is 0. The van der Waals surface area contributed by atoms with E-state index in [-0.39, 0.29) is 17.9 Å². The molecule has 2 saturated carbocycles. The van der Waals surface area contributed by atoms with E-state index in [0.717, 1.165) is 29.2 Å². The Kier molecular flexibility index (Phi) is 5.00. The topological polar surface area (TPSA) is 58.6 Å². The zero-order valence-corrected chi connectivity index (χ0v) is 17.4. The Morgan fingerprint density at radius 2 is 1.86 bits per heavy atom. The molecular weight excluding hydrogens is 364 g/mol. The highest BCUT2D eigenvalue weighted by molar-refractivity contribution is 6.01. The lowest BCUT2D eigenvalue weighted by Gasteiger charge is -2.44. The van der Waals surface area contributed by atoms with Crippen molar-refractivity contribution in [3.8, 4) is 5.75 Å². The third-order valence-electron chi connectivity index (χ3n) is 8.00. The minimum absolute atomic E-state index is 0.161. The number of hydrogen-bond donors (Lipinski definition) is 1. The highest BCUT2D eigenvalue weighted by Gasteiger charge is 2.38. The van der Waals surface area contributed by atoms with Crippen LogP contribution in [0.15, 0.2) is 18.2 Å². The minimum Gasteiger partial charge on any atom is -0.489 e. The fraction of sp³-hybridized carbons (Fsp3) is 0.667. The van der Waals surface area contributed by atoms with E-state index in [1.165, 1.54) is 44.1 Å².